The van der Waals surface area contributed by atoms with Crippen LogP contribution >= 0.6 is 23.2 Å². The van der Waals surface area contributed by atoms with Crippen LogP contribution in [0, 0.1) is 0 Å². The fourth-order valence-electron chi connectivity index (χ4n) is 2.52. The maximum Gasteiger partial charge on any atom is 0.241 e. The van der Waals surface area contributed by atoms with Gasteiger partial charge in [0, 0.05) is 16.5 Å². The molecule has 1 saturated heterocycles. The largest absolute Gasteiger partial charge is 0.274 e. The molecule has 1 aliphatic heterocycles. The highest BCUT2D eigenvalue weighted by Gasteiger charge is 2.40. The highest BCUT2D eigenvalue weighted by atomic mass is 35.5. The predicted molar refractivity (Wildman–Crippen MR) is 82.8 cm³/mol. The lowest BCUT2D eigenvalue weighted by molar-refractivity contribution is -0.121. The van der Waals surface area contributed by atoms with Gasteiger partial charge in [-0.15, -0.1) is 0 Å². The third-order valence-electron chi connectivity index (χ3n) is 3.45. The van der Waals surface area contributed by atoms with Crippen molar-refractivity contribution >= 4 is 40.7 Å². The van der Waals surface area contributed by atoms with Crippen molar-refractivity contribution in [1.82, 2.24) is 0 Å². The third-order valence-corrected chi connectivity index (χ3v) is 3.89. The molecule has 0 spiro atoms. The van der Waals surface area contributed by atoms with Crippen molar-refractivity contribution < 1.29 is 9.59 Å². The van der Waals surface area contributed by atoms with Gasteiger partial charge >= 0.3 is 0 Å². The number of carbonyl (C=O) groups is 2. The second kappa shape index (κ2) is 5.51. The Labute approximate surface area is 132 Å². The number of imide groups is 1. The SMILES string of the molecule is O=C1C[C@@H](c2ccccc2)C(=O)N1c1cc(Cl)cc(Cl)c1. The van der Waals surface area contributed by atoms with Crippen LogP contribution in [0.3, 0.4) is 0 Å². The summed E-state index contributed by atoms with van der Waals surface area (Å²) in [4.78, 5) is 25.9. The van der Waals surface area contributed by atoms with Gasteiger partial charge in [0.1, 0.15) is 0 Å². The normalized spacial score (nSPS) is 18.4. The molecule has 0 aromatic heterocycles. The number of benzene rings is 2. The molecule has 3 rings (SSSR count). The molecule has 106 valence electrons. The molecule has 0 saturated carbocycles. The molecule has 0 unspecified atom stereocenters. The minimum Gasteiger partial charge on any atom is -0.274 e. The molecule has 1 heterocycles. The lowest BCUT2D eigenvalue weighted by atomic mass is 9.98. The highest BCUT2D eigenvalue weighted by molar-refractivity contribution is 6.35. The summed E-state index contributed by atoms with van der Waals surface area (Å²) in [6.45, 7) is 0. The van der Waals surface area contributed by atoms with E-state index in [1.165, 1.54) is 0 Å². The van der Waals surface area contributed by atoms with Gasteiger partial charge in [-0.1, -0.05) is 53.5 Å². The van der Waals surface area contributed by atoms with Crippen molar-refractivity contribution in [2.75, 3.05) is 4.90 Å². The molecular formula is C16H11Cl2NO2. The van der Waals surface area contributed by atoms with E-state index in [-0.39, 0.29) is 18.2 Å². The summed E-state index contributed by atoms with van der Waals surface area (Å²) in [5.41, 5.74) is 1.26. The van der Waals surface area contributed by atoms with Crippen molar-refractivity contribution in [3.8, 4) is 0 Å². The van der Waals surface area contributed by atoms with E-state index in [0.29, 0.717) is 15.7 Å². The van der Waals surface area contributed by atoms with E-state index in [0.717, 1.165) is 10.5 Å². The lowest BCUT2D eigenvalue weighted by Crippen LogP contribution is -2.30. The lowest BCUT2D eigenvalue weighted by Gasteiger charge is -2.16. The standard InChI is InChI=1S/C16H11Cl2NO2/c17-11-6-12(18)8-13(7-11)19-15(20)9-14(16(19)21)10-4-2-1-3-5-10/h1-8,14H,9H2/t14-/m0/s1. The number of nitrogens with zero attached hydrogens (tertiary/aromatic N) is 1. The Hall–Kier alpha value is -1.84. The van der Waals surface area contributed by atoms with Crippen LogP contribution in [-0.2, 0) is 9.59 Å². The first-order valence-electron chi connectivity index (χ1n) is 6.44. The van der Waals surface area contributed by atoms with Gasteiger partial charge < -0.3 is 0 Å². The first kappa shape index (κ1) is 14.1. The summed E-state index contributed by atoms with van der Waals surface area (Å²) in [7, 11) is 0. The maximum atomic E-state index is 12.6. The van der Waals surface area contributed by atoms with Gasteiger partial charge in [0.15, 0.2) is 0 Å². The van der Waals surface area contributed by atoms with Crippen LogP contribution in [-0.4, -0.2) is 11.8 Å². The zero-order valence-corrected chi connectivity index (χ0v) is 12.4. The molecule has 2 amide bonds. The quantitative estimate of drug-likeness (QED) is 0.783. The van der Waals surface area contributed by atoms with Crippen LogP contribution in [0.2, 0.25) is 10.0 Å². The fourth-order valence-corrected chi connectivity index (χ4v) is 3.03. The van der Waals surface area contributed by atoms with Crippen LogP contribution in [0.25, 0.3) is 0 Å². The van der Waals surface area contributed by atoms with E-state index in [1.807, 2.05) is 30.3 Å². The minimum atomic E-state index is -0.448. The number of hydrogen-bond donors (Lipinski definition) is 0. The molecule has 0 aliphatic carbocycles. The zero-order chi connectivity index (χ0) is 15.0. The number of hydrogen-bond acceptors (Lipinski definition) is 2. The molecule has 1 fully saturated rings. The van der Waals surface area contributed by atoms with Gasteiger partial charge in [-0.2, -0.15) is 0 Å². The van der Waals surface area contributed by atoms with Gasteiger partial charge in [0.25, 0.3) is 0 Å². The first-order chi connectivity index (χ1) is 10.1. The molecule has 0 bridgehead atoms. The van der Waals surface area contributed by atoms with Crippen LogP contribution in [0.5, 0.6) is 0 Å². The van der Waals surface area contributed by atoms with Gasteiger partial charge in [0.05, 0.1) is 11.6 Å². The minimum absolute atomic E-state index is 0.160. The van der Waals surface area contributed by atoms with E-state index in [2.05, 4.69) is 0 Å². The highest BCUT2D eigenvalue weighted by Crippen LogP contribution is 2.35. The van der Waals surface area contributed by atoms with Crippen molar-refractivity contribution in [3.05, 3.63) is 64.1 Å². The Kier molecular flexibility index (Phi) is 3.70. The van der Waals surface area contributed by atoms with Gasteiger partial charge in [-0.3, -0.25) is 9.59 Å². The molecule has 2 aromatic rings. The van der Waals surface area contributed by atoms with Crippen LogP contribution < -0.4 is 4.90 Å². The number of halogens is 2. The number of anilines is 1. The third kappa shape index (κ3) is 2.67. The Morgan fingerprint density at radius 3 is 2.19 bits per heavy atom. The molecular weight excluding hydrogens is 309 g/mol. The summed E-state index contributed by atoms with van der Waals surface area (Å²) in [5, 5.41) is 0.780. The predicted octanol–water partition coefficient (Wildman–Crippen LogP) is 4.04. The van der Waals surface area contributed by atoms with Crippen molar-refractivity contribution in [2.24, 2.45) is 0 Å². The summed E-state index contributed by atoms with van der Waals surface area (Å²) < 4.78 is 0. The molecule has 0 N–H and O–H groups in total. The average molecular weight is 320 g/mol. The summed E-state index contributed by atoms with van der Waals surface area (Å²) in [6.07, 6.45) is 0.160. The van der Waals surface area contributed by atoms with Gasteiger partial charge in [-0.05, 0) is 23.8 Å². The van der Waals surface area contributed by atoms with Crippen molar-refractivity contribution in [1.29, 1.82) is 0 Å². The Morgan fingerprint density at radius 1 is 0.952 bits per heavy atom. The zero-order valence-electron chi connectivity index (χ0n) is 10.9. The molecule has 3 nitrogen and oxygen atoms in total. The summed E-state index contributed by atoms with van der Waals surface area (Å²) in [6, 6.07) is 14.0. The molecule has 2 aromatic carbocycles. The van der Waals surface area contributed by atoms with Crippen molar-refractivity contribution in [3.63, 3.8) is 0 Å². The molecule has 1 aliphatic rings. The Balaban J connectivity index is 1.98. The van der Waals surface area contributed by atoms with Crippen LogP contribution in [0.1, 0.15) is 17.9 Å². The maximum absolute atomic E-state index is 12.6. The second-order valence-electron chi connectivity index (χ2n) is 4.86. The summed E-state index contributed by atoms with van der Waals surface area (Å²) >= 11 is 11.9. The van der Waals surface area contributed by atoms with E-state index in [1.54, 1.807) is 18.2 Å². The van der Waals surface area contributed by atoms with Crippen LogP contribution in [0.4, 0.5) is 5.69 Å². The Bertz CT molecular complexity index is 695. The molecule has 0 radical (unpaired) electrons. The van der Waals surface area contributed by atoms with Gasteiger partial charge in [-0.25, -0.2) is 4.90 Å². The smallest absolute Gasteiger partial charge is 0.241 e. The van der Waals surface area contributed by atoms with E-state index in [9.17, 15) is 9.59 Å². The van der Waals surface area contributed by atoms with E-state index >= 15 is 0 Å². The van der Waals surface area contributed by atoms with Crippen molar-refractivity contribution in [2.45, 2.75) is 12.3 Å². The molecule has 21 heavy (non-hydrogen) atoms. The van der Waals surface area contributed by atoms with Gasteiger partial charge in [0.2, 0.25) is 11.8 Å². The Morgan fingerprint density at radius 2 is 1.57 bits per heavy atom. The summed E-state index contributed by atoms with van der Waals surface area (Å²) in [5.74, 6) is -0.937. The number of carbonyl (C=O) groups excluding carboxylic acids is 2. The number of amides is 2. The molecule has 5 heteroatoms. The van der Waals surface area contributed by atoms with E-state index < -0.39 is 5.92 Å². The topological polar surface area (TPSA) is 37.4 Å². The fraction of sp³-hybridized carbons (Fsp3) is 0.125. The monoisotopic (exact) mass is 319 g/mol. The second-order valence-corrected chi connectivity index (χ2v) is 5.74. The number of rotatable bonds is 2. The average Bonchev–Trinajstić information content (AvgIpc) is 2.74. The van der Waals surface area contributed by atoms with E-state index in [4.69, 9.17) is 23.2 Å². The molecule has 1 atom stereocenters. The van der Waals surface area contributed by atoms with Crippen LogP contribution in [0.15, 0.2) is 48.5 Å². The first-order valence-corrected chi connectivity index (χ1v) is 7.19.